The highest BCUT2D eigenvalue weighted by Crippen LogP contribution is 2.33. The van der Waals surface area contributed by atoms with Gasteiger partial charge in [-0.15, -0.1) is 0 Å². The summed E-state index contributed by atoms with van der Waals surface area (Å²) in [5, 5.41) is 14.1. The predicted octanol–water partition coefficient (Wildman–Crippen LogP) is 4.27. The first-order valence-electron chi connectivity index (χ1n) is 5.97. The molecule has 0 unspecified atom stereocenters. The minimum atomic E-state index is -4.69. The summed E-state index contributed by atoms with van der Waals surface area (Å²) in [7, 11) is 0. The van der Waals surface area contributed by atoms with E-state index in [1.165, 1.54) is 0 Å². The number of alkyl halides is 3. The zero-order valence-electron chi connectivity index (χ0n) is 10.9. The van der Waals surface area contributed by atoms with E-state index in [-0.39, 0.29) is 12.4 Å². The topological polar surface area (TPSA) is 68.1 Å². The van der Waals surface area contributed by atoms with Gasteiger partial charge in [0.2, 0.25) is 5.82 Å². The van der Waals surface area contributed by atoms with Crippen molar-refractivity contribution in [2.45, 2.75) is 12.7 Å². The predicted molar refractivity (Wildman–Crippen MR) is 74.7 cm³/mol. The number of aromatic nitrogens is 1. The molecular weight excluding hydrogens is 323 g/mol. The average molecular weight is 332 g/mol. The van der Waals surface area contributed by atoms with Crippen molar-refractivity contribution in [2.75, 3.05) is 5.32 Å². The Kier molecular flexibility index (Phi) is 4.51. The third-order valence-corrected chi connectivity index (χ3v) is 3.02. The molecular formula is C13H9ClF3N3O2. The molecule has 5 nitrogen and oxygen atoms in total. The van der Waals surface area contributed by atoms with Crippen LogP contribution in [0.4, 0.5) is 24.7 Å². The minimum Gasteiger partial charge on any atom is -0.360 e. The van der Waals surface area contributed by atoms with Gasteiger partial charge < -0.3 is 5.32 Å². The van der Waals surface area contributed by atoms with Crippen LogP contribution in [0.2, 0.25) is 5.02 Å². The molecule has 0 saturated carbocycles. The molecule has 0 radical (unpaired) electrons. The molecule has 2 rings (SSSR count). The van der Waals surface area contributed by atoms with Crippen LogP contribution < -0.4 is 5.32 Å². The molecule has 0 atom stereocenters. The molecule has 0 aliphatic heterocycles. The van der Waals surface area contributed by atoms with Crippen LogP contribution in [-0.2, 0) is 12.7 Å². The summed E-state index contributed by atoms with van der Waals surface area (Å²) >= 11 is 5.73. The SMILES string of the molecule is O=[N+]([O-])c1cc(C(F)(F)F)cnc1NCc1ccc(Cl)cc1. The van der Waals surface area contributed by atoms with Gasteiger partial charge in [-0.05, 0) is 17.7 Å². The standard InChI is InChI=1S/C13H9ClF3N3O2/c14-10-3-1-8(2-4-10)6-18-12-11(20(21)22)5-9(7-19-12)13(15,16)17/h1-5,7H,6H2,(H,18,19). The normalized spacial score (nSPS) is 11.3. The maximum atomic E-state index is 12.6. The Morgan fingerprint density at radius 3 is 2.45 bits per heavy atom. The van der Waals surface area contributed by atoms with Crippen LogP contribution in [-0.4, -0.2) is 9.91 Å². The van der Waals surface area contributed by atoms with Crippen LogP contribution in [0, 0.1) is 10.1 Å². The Hall–Kier alpha value is -2.35. The summed E-state index contributed by atoms with van der Waals surface area (Å²) < 4.78 is 37.7. The fraction of sp³-hybridized carbons (Fsp3) is 0.154. The molecule has 1 heterocycles. The maximum absolute atomic E-state index is 12.6. The largest absolute Gasteiger partial charge is 0.418 e. The summed E-state index contributed by atoms with van der Waals surface area (Å²) in [6.07, 6.45) is -4.14. The zero-order valence-corrected chi connectivity index (χ0v) is 11.6. The molecule has 0 fully saturated rings. The van der Waals surface area contributed by atoms with Gasteiger partial charge in [0.25, 0.3) is 0 Å². The van der Waals surface area contributed by atoms with Gasteiger partial charge in [0.05, 0.1) is 10.5 Å². The Morgan fingerprint density at radius 1 is 1.27 bits per heavy atom. The first-order valence-corrected chi connectivity index (χ1v) is 6.35. The van der Waals surface area contributed by atoms with Gasteiger partial charge in [-0.25, -0.2) is 4.98 Å². The molecule has 0 spiro atoms. The molecule has 0 saturated heterocycles. The second-order valence-electron chi connectivity index (χ2n) is 4.33. The van der Waals surface area contributed by atoms with E-state index in [4.69, 9.17) is 11.6 Å². The van der Waals surface area contributed by atoms with E-state index < -0.39 is 22.4 Å². The Balaban J connectivity index is 2.23. The molecule has 9 heteroatoms. The van der Waals surface area contributed by atoms with E-state index in [1.807, 2.05) is 0 Å². The lowest BCUT2D eigenvalue weighted by Crippen LogP contribution is -2.10. The highest BCUT2D eigenvalue weighted by atomic mass is 35.5. The minimum absolute atomic E-state index is 0.163. The lowest BCUT2D eigenvalue weighted by atomic mass is 10.2. The van der Waals surface area contributed by atoms with E-state index in [9.17, 15) is 23.3 Å². The van der Waals surface area contributed by atoms with Gasteiger partial charge >= 0.3 is 11.9 Å². The van der Waals surface area contributed by atoms with Gasteiger partial charge in [0, 0.05) is 23.8 Å². The second kappa shape index (κ2) is 6.18. The number of nitrogens with one attached hydrogen (secondary N) is 1. The van der Waals surface area contributed by atoms with Crippen molar-refractivity contribution in [3.63, 3.8) is 0 Å². The molecule has 0 bridgehead atoms. The molecule has 116 valence electrons. The smallest absolute Gasteiger partial charge is 0.360 e. The number of anilines is 1. The van der Waals surface area contributed by atoms with Gasteiger partial charge in [-0.3, -0.25) is 10.1 Å². The fourth-order valence-corrected chi connectivity index (χ4v) is 1.80. The summed E-state index contributed by atoms with van der Waals surface area (Å²) in [6.45, 7) is 0.163. The Morgan fingerprint density at radius 2 is 1.91 bits per heavy atom. The number of rotatable bonds is 4. The fourth-order valence-electron chi connectivity index (χ4n) is 1.67. The van der Waals surface area contributed by atoms with Crippen LogP contribution in [0.15, 0.2) is 36.5 Å². The molecule has 1 N–H and O–H groups in total. The molecule has 2 aromatic rings. The van der Waals surface area contributed by atoms with Crippen LogP contribution in [0.25, 0.3) is 0 Å². The van der Waals surface area contributed by atoms with E-state index in [0.717, 1.165) is 5.56 Å². The quantitative estimate of drug-likeness (QED) is 0.671. The van der Waals surface area contributed by atoms with Crippen molar-refractivity contribution in [3.8, 4) is 0 Å². The Labute approximate surface area is 127 Å². The van der Waals surface area contributed by atoms with Crippen molar-refractivity contribution in [1.82, 2.24) is 4.98 Å². The van der Waals surface area contributed by atoms with Crippen molar-refractivity contribution < 1.29 is 18.1 Å². The Bertz CT molecular complexity index is 690. The van der Waals surface area contributed by atoms with Crippen molar-refractivity contribution in [3.05, 3.63) is 62.8 Å². The number of nitrogens with zero attached hydrogens (tertiary/aromatic N) is 2. The maximum Gasteiger partial charge on any atom is 0.418 e. The van der Waals surface area contributed by atoms with Crippen molar-refractivity contribution in [1.29, 1.82) is 0 Å². The van der Waals surface area contributed by atoms with Gasteiger partial charge in [-0.1, -0.05) is 23.7 Å². The first kappa shape index (κ1) is 16.0. The van der Waals surface area contributed by atoms with E-state index in [2.05, 4.69) is 10.3 Å². The van der Waals surface area contributed by atoms with E-state index in [0.29, 0.717) is 17.3 Å². The lowest BCUT2D eigenvalue weighted by molar-refractivity contribution is -0.384. The first-order chi connectivity index (χ1) is 10.3. The number of halogens is 4. The van der Waals surface area contributed by atoms with Crippen LogP contribution >= 0.6 is 11.6 Å². The third-order valence-electron chi connectivity index (χ3n) is 2.76. The summed E-state index contributed by atoms with van der Waals surface area (Å²) in [5.74, 6) is -0.229. The highest BCUT2D eigenvalue weighted by molar-refractivity contribution is 6.30. The van der Waals surface area contributed by atoms with E-state index >= 15 is 0 Å². The monoisotopic (exact) mass is 331 g/mol. The molecule has 1 aromatic heterocycles. The van der Waals surface area contributed by atoms with Crippen LogP contribution in [0.1, 0.15) is 11.1 Å². The highest BCUT2D eigenvalue weighted by Gasteiger charge is 2.33. The summed E-state index contributed by atoms with van der Waals surface area (Å²) in [5.41, 5.74) is -1.15. The lowest BCUT2D eigenvalue weighted by Gasteiger charge is -2.09. The van der Waals surface area contributed by atoms with Crippen LogP contribution in [0.5, 0.6) is 0 Å². The van der Waals surface area contributed by atoms with Crippen LogP contribution in [0.3, 0.4) is 0 Å². The molecule has 22 heavy (non-hydrogen) atoms. The number of benzene rings is 1. The molecule has 0 aliphatic carbocycles. The number of hydrogen-bond acceptors (Lipinski definition) is 4. The second-order valence-corrected chi connectivity index (χ2v) is 4.76. The molecule has 0 aliphatic rings. The molecule has 0 amide bonds. The number of pyridine rings is 1. The summed E-state index contributed by atoms with van der Waals surface area (Å²) in [6, 6.07) is 7.09. The number of nitro groups is 1. The molecule has 1 aromatic carbocycles. The average Bonchev–Trinajstić information content (AvgIpc) is 2.45. The zero-order chi connectivity index (χ0) is 16.3. The van der Waals surface area contributed by atoms with Crippen molar-refractivity contribution >= 4 is 23.1 Å². The van der Waals surface area contributed by atoms with Gasteiger partial charge in [0.15, 0.2) is 0 Å². The third kappa shape index (κ3) is 3.85. The summed E-state index contributed by atoms with van der Waals surface area (Å²) in [4.78, 5) is 13.5. The van der Waals surface area contributed by atoms with Gasteiger partial charge in [0.1, 0.15) is 0 Å². The van der Waals surface area contributed by atoms with Gasteiger partial charge in [-0.2, -0.15) is 13.2 Å². The number of hydrogen-bond donors (Lipinski definition) is 1. The van der Waals surface area contributed by atoms with E-state index in [1.54, 1.807) is 24.3 Å². The van der Waals surface area contributed by atoms with Crippen molar-refractivity contribution in [2.24, 2.45) is 0 Å².